The molecule has 2 N–H and O–H groups in total. The van der Waals surface area contributed by atoms with E-state index in [0.29, 0.717) is 24.0 Å². The number of nitrogens with zero attached hydrogens (tertiary/aromatic N) is 2. The fourth-order valence-corrected chi connectivity index (χ4v) is 2.14. The Kier molecular flexibility index (Phi) is 4.86. The molecule has 0 amide bonds. The number of methoxy groups -OCH3 is 1. The van der Waals surface area contributed by atoms with Crippen molar-refractivity contribution in [2.24, 2.45) is 0 Å². The molecule has 0 saturated carbocycles. The molecule has 0 saturated heterocycles. The summed E-state index contributed by atoms with van der Waals surface area (Å²) in [6, 6.07) is 15.9. The summed E-state index contributed by atoms with van der Waals surface area (Å²) in [6.07, 6.45) is 1.62. The van der Waals surface area contributed by atoms with E-state index in [1.807, 2.05) is 24.3 Å². The van der Waals surface area contributed by atoms with E-state index in [0.717, 1.165) is 11.3 Å². The van der Waals surface area contributed by atoms with Crippen molar-refractivity contribution in [3.05, 3.63) is 72.2 Å². The van der Waals surface area contributed by atoms with Crippen LogP contribution in [0.25, 0.3) is 0 Å². The number of benzene rings is 2. The molecular formula is C18H17FN4O. The first-order valence-corrected chi connectivity index (χ1v) is 7.46. The van der Waals surface area contributed by atoms with Gasteiger partial charge in [0.2, 0.25) is 5.95 Å². The molecular weight excluding hydrogens is 307 g/mol. The average Bonchev–Trinajstić information content (AvgIpc) is 2.63. The zero-order valence-corrected chi connectivity index (χ0v) is 13.2. The fraction of sp³-hybridized carbons (Fsp3) is 0.111. The van der Waals surface area contributed by atoms with Crippen LogP contribution in [0.1, 0.15) is 5.56 Å². The van der Waals surface area contributed by atoms with Crippen molar-refractivity contribution in [3.63, 3.8) is 0 Å². The third-order valence-corrected chi connectivity index (χ3v) is 3.41. The molecule has 1 aromatic heterocycles. The second kappa shape index (κ2) is 7.41. The van der Waals surface area contributed by atoms with Crippen LogP contribution >= 0.6 is 0 Å². The highest BCUT2D eigenvalue weighted by atomic mass is 19.1. The molecule has 0 aliphatic heterocycles. The van der Waals surface area contributed by atoms with E-state index < -0.39 is 0 Å². The Bertz CT molecular complexity index is 808. The number of ether oxygens (including phenoxy) is 1. The molecule has 0 aliphatic carbocycles. The summed E-state index contributed by atoms with van der Waals surface area (Å²) >= 11 is 0. The molecule has 3 aromatic rings. The number of aromatic nitrogens is 2. The SMILES string of the molecule is COc1ccc(CNc2ccnc(Nc3ccccc3F)n2)cc1. The van der Waals surface area contributed by atoms with Gasteiger partial charge in [-0.25, -0.2) is 9.37 Å². The van der Waals surface area contributed by atoms with Crippen LogP contribution in [0, 0.1) is 5.82 Å². The molecule has 2 aromatic carbocycles. The van der Waals surface area contributed by atoms with Gasteiger partial charge in [0, 0.05) is 12.7 Å². The number of rotatable bonds is 6. The van der Waals surface area contributed by atoms with E-state index >= 15 is 0 Å². The smallest absolute Gasteiger partial charge is 0.229 e. The maximum Gasteiger partial charge on any atom is 0.229 e. The van der Waals surface area contributed by atoms with Gasteiger partial charge < -0.3 is 15.4 Å². The molecule has 3 rings (SSSR count). The van der Waals surface area contributed by atoms with E-state index in [9.17, 15) is 4.39 Å². The van der Waals surface area contributed by atoms with E-state index in [2.05, 4.69) is 20.6 Å². The predicted octanol–water partition coefficient (Wildman–Crippen LogP) is 3.98. The number of para-hydroxylation sites is 1. The second-order valence-electron chi connectivity index (χ2n) is 5.07. The monoisotopic (exact) mass is 324 g/mol. The van der Waals surface area contributed by atoms with Crippen LogP contribution in [0.4, 0.5) is 21.8 Å². The van der Waals surface area contributed by atoms with Crippen molar-refractivity contribution in [3.8, 4) is 5.75 Å². The fourth-order valence-electron chi connectivity index (χ4n) is 2.14. The molecule has 6 heteroatoms. The highest BCUT2D eigenvalue weighted by Crippen LogP contribution is 2.18. The van der Waals surface area contributed by atoms with Crippen LogP contribution in [0.15, 0.2) is 60.8 Å². The number of anilines is 3. The minimum absolute atomic E-state index is 0.333. The lowest BCUT2D eigenvalue weighted by atomic mass is 10.2. The molecule has 1 heterocycles. The molecule has 122 valence electrons. The van der Waals surface area contributed by atoms with Crippen molar-refractivity contribution in [2.75, 3.05) is 17.7 Å². The first-order chi connectivity index (χ1) is 11.7. The van der Waals surface area contributed by atoms with Gasteiger partial charge in [-0.2, -0.15) is 4.98 Å². The molecule has 0 atom stereocenters. The summed E-state index contributed by atoms with van der Waals surface area (Å²) in [5.41, 5.74) is 1.43. The number of hydrogen-bond donors (Lipinski definition) is 2. The normalized spacial score (nSPS) is 10.2. The Balaban J connectivity index is 1.65. The average molecular weight is 324 g/mol. The van der Waals surface area contributed by atoms with Crippen LogP contribution < -0.4 is 15.4 Å². The molecule has 0 bridgehead atoms. The van der Waals surface area contributed by atoms with Gasteiger partial charge in [-0.3, -0.25) is 0 Å². The lowest BCUT2D eigenvalue weighted by Gasteiger charge is -2.09. The van der Waals surface area contributed by atoms with Gasteiger partial charge in [0.15, 0.2) is 0 Å². The Morgan fingerprint density at radius 1 is 1.04 bits per heavy atom. The third kappa shape index (κ3) is 3.98. The van der Waals surface area contributed by atoms with E-state index in [4.69, 9.17) is 4.74 Å². The molecule has 0 unspecified atom stereocenters. The maximum atomic E-state index is 13.7. The van der Waals surface area contributed by atoms with Crippen molar-refractivity contribution in [2.45, 2.75) is 6.54 Å². The van der Waals surface area contributed by atoms with Gasteiger partial charge >= 0.3 is 0 Å². The van der Waals surface area contributed by atoms with Gasteiger partial charge in [0.25, 0.3) is 0 Å². The van der Waals surface area contributed by atoms with Crippen LogP contribution in [0.2, 0.25) is 0 Å². The van der Waals surface area contributed by atoms with Gasteiger partial charge in [0.1, 0.15) is 17.4 Å². The van der Waals surface area contributed by atoms with Gasteiger partial charge in [-0.15, -0.1) is 0 Å². The van der Waals surface area contributed by atoms with Gasteiger partial charge in [-0.1, -0.05) is 24.3 Å². The van der Waals surface area contributed by atoms with Gasteiger partial charge in [0.05, 0.1) is 12.8 Å². The molecule has 24 heavy (non-hydrogen) atoms. The third-order valence-electron chi connectivity index (χ3n) is 3.41. The Morgan fingerprint density at radius 3 is 2.58 bits per heavy atom. The number of hydrogen-bond acceptors (Lipinski definition) is 5. The van der Waals surface area contributed by atoms with Crippen molar-refractivity contribution >= 4 is 17.5 Å². The first kappa shape index (κ1) is 15.7. The highest BCUT2D eigenvalue weighted by Gasteiger charge is 2.04. The Morgan fingerprint density at radius 2 is 1.83 bits per heavy atom. The summed E-state index contributed by atoms with van der Waals surface area (Å²) in [5, 5.41) is 6.09. The summed E-state index contributed by atoms with van der Waals surface area (Å²) in [4.78, 5) is 8.44. The zero-order chi connectivity index (χ0) is 16.8. The Hall–Kier alpha value is -3.15. The number of halogens is 1. The van der Waals surface area contributed by atoms with E-state index in [1.54, 1.807) is 37.6 Å². The topological polar surface area (TPSA) is 59.1 Å². The van der Waals surface area contributed by atoms with Crippen LogP contribution in [0.3, 0.4) is 0 Å². The van der Waals surface area contributed by atoms with Crippen molar-refractivity contribution in [1.82, 2.24) is 9.97 Å². The van der Waals surface area contributed by atoms with Crippen molar-refractivity contribution in [1.29, 1.82) is 0 Å². The standard InChI is InChI=1S/C18H17FN4O/c1-24-14-8-6-13(7-9-14)12-21-17-10-11-20-18(23-17)22-16-5-3-2-4-15(16)19/h2-11H,12H2,1H3,(H2,20,21,22,23). The molecule has 0 radical (unpaired) electrons. The zero-order valence-electron chi connectivity index (χ0n) is 13.2. The highest BCUT2D eigenvalue weighted by molar-refractivity contribution is 5.55. The molecule has 0 spiro atoms. The van der Waals surface area contributed by atoms with Crippen LogP contribution in [-0.4, -0.2) is 17.1 Å². The lowest BCUT2D eigenvalue weighted by molar-refractivity contribution is 0.414. The number of nitrogens with one attached hydrogen (secondary N) is 2. The maximum absolute atomic E-state index is 13.7. The second-order valence-corrected chi connectivity index (χ2v) is 5.07. The molecule has 0 fully saturated rings. The van der Waals surface area contributed by atoms with Crippen LogP contribution in [0.5, 0.6) is 5.75 Å². The first-order valence-electron chi connectivity index (χ1n) is 7.46. The van der Waals surface area contributed by atoms with Gasteiger partial charge in [-0.05, 0) is 35.9 Å². The summed E-state index contributed by atoms with van der Waals surface area (Å²) in [7, 11) is 1.64. The summed E-state index contributed by atoms with van der Waals surface area (Å²) in [6.45, 7) is 0.611. The van der Waals surface area contributed by atoms with E-state index in [1.165, 1.54) is 6.07 Å². The summed E-state index contributed by atoms with van der Waals surface area (Å²) < 4.78 is 18.8. The van der Waals surface area contributed by atoms with Crippen LogP contribution in [-0.2, 0) is 6.54 Å². The Labute approximate surface area is 139 Å². The molecule has 0 aliphatic rings. The quantitative estimate of drug-likeness (QED) is 0.718. The van der Waals surface area contributed by atoms with Crippen molar-refractivity contribution < 1.29 is 9.13 Å². The lowest BCUT2D eigenvalue weighted by Crippen LogP contribution is -2.04. The minimum atomic E-state index is -0.349. The predicted molar refractivity (Wildman–Crippen MR) is 92.0 cm³/mol. The summed E-state index contributed by atoms with van der Waals surface area (Å²) in [5.74, 6) is 1.45. The minimum Gasteiger partial charge on any atom is -0.497 e. The van der Waals surface area contributed by atoms with E-state index in [-0.39, 0.29) is 5.82 Å². The molecule has 5 nitrogen and oxygen atoms in total. The largest absolute Gasteiger partial charge is 0.497 e.